The number of hydrogen-bond acceptors (Lipinski definition) is 5. The van der Waals surface area contributed by atoms with Crippen molar-refractivity contribution in [2.75, 3.05) is 26.6 Å². The Morgan fingerprint density at radius 2 is 1.65 bits per heavy atom. The molecule has 0 aliphatic carbocycles. The minimum atomic E-state index is -0.938. The van der Waals surface area contributed by atoms with Crippen molar-refractivity contribution < 1.29 is 23.8 Å². The SMILES string of the molecule is COC(=O)C1C(=O)Nc2ccc(OC)cc2CC1c1ccc(OC)cc1. The van der Waals surface area contributed by atoms with Crippen LogP contribution in [0.3, 0.4) is 0 Å². The van der Waals surface area contributed by atoms with Gasteiger partial charge in [0.15, 0.2) is 0 Å². The van der Waals surface area contributed by atoms with Crippen molar-refractivity contribution in [3.63, 3.8) is 0 Å². The Hall–Kier alpha value is -3.02. The fourth-order valence-corrected chi connectivity index (χ4v) is 3.30. The van der Waals surface area contributed by atoms with Gasteiger partial charge < -0.3 is 19.5 Å². The van der Waals surface area contributed by atoms with Gasteiger partial charge in [-0.15, -0.1) is 0 Å². The number of methoxy groups -OCH3 is 3. The number of rotatable bonds is 4. The third kappa shape index (κ3) is 3.35. The van der Waals surface area contributed by atoms with Crippen molar-refractivity contribution in [2.24, 2.45) is 5.92 Å². The molecule has 0 bridgehead atoms. The third-order valence-electron chi connectivity index (χ3n) is 4.69. The average Bonchev–Trinajstić information content (AvgIpc) is 2.82. The molecule has 2 aromatic carbocycles. The quantitative estimate of drug-likeness (QED) is 0.674. The van der Waals surface area contributed by atoms with Gasteiger partial charge in [-0.2, -0.15) is 0 Å². The largest absolute Gasteiger partial charge is 0.497 e. The predicted octanol–water partition coefficient (Wildman–Crippen LogP) is 2.77. The number of hydrogen-bond donors (Lipinski definition) is 1. The Morgan fingerprint density at radius 1 is 1.00 bits per heavy atom. The minimum absolute atomic E-state index is 0.360. The number of anilines is 1. The van der Waals surface area contributed by atoms with Crippen molar-refractivity contribution in [1.82, 2.24) is 0 Å². The van der Waals surface area contributed by atoms with Crippen LogP contribution in [0.2, 0.25) is 0 Å². The summed E-state index contributed by atoms with van der Waals surface area (Å²) in [7, 11) is 4.48. The summed E-state index contributed by atoms with van der Waals surface area (Å²) in [6, 6.07) is 12.8. The van der Waals surface area contributed by atoms with E-state index in [1.54, 1.807) is 26.4 Å². The highest BCUT2D eigenvalue weighted by Gasteiger charge is 2.39. The van der Waals surface area contributed by atoms with Gasteiger partial charge in [-0.25, -0.2) is 0 Å². The van der Waals surface area contributed by atoms with Crippen molar-refractivity contribution in [3.05, 3.63) is 53.6 Å². The predicted molar refractivity (Wildman–Crippen MR) is 96.6 cm³/mol. The van der Waals surface area contributed by atoms with Crippen molar-refractivity contribution in [1.29, 1.82) is 0 Å². The van der Waals surface area contributed by atoms with Crippen molar-refractivity contribution >= 4 is 17.6 Å². The van der Waals surface area contributed by atoms with Gasteiger partial charge in [-0.3, -0.25) is 9.59 Å². The molecule has 1 N–H and O–H groups in total. The second kappa shape index (κ2) is 7.47. The van der Waals surface area contributed by atoms with Crippen LogP contribution in [0.1, 0.15) is 17.0 Å². The highest BCUT2D eigenvalue weighted by Crippen LogP contribution is 2.37. The van der Waals surface area contributed by atoms with E-state index >= 15 is 0 Å². The topological polar surface area (TPSA) is 73.9 Å². The molecule has 26 heavy (non-hydrogen) atoms. The number of ether oxygens (including phenoxy) is 3. The summed E-state index contributed by atoms with van der Waals surface area (Å²) >= 11 is 0. The zero-order chi connectivity index (χ0) is 18.7. The highest BCUT2D eigenvalue weighted by atomic mass is 16.5. The summed E-state index contributed by atoms with van der Waals surface area (Å²) in [5.41, 5.74) is 2.46. The van der Waals surface area contributed by atoms with E-state index in [4.69, 9.17) is 14.2 Å². The first-order valence-electron chi connectivity index (χ1n) is 8.27. The number of carbonyl (C=O) groups excluding carboxylic acids is 2. The molecule has 0 saturated carbocycles. The fraction of sp³-hybridized carbons (Fsp3) is 0.300. The molecule has 136 valence electrons. The summed E-state index contributed by atoms with van der Waals surface area (Å²) in [5, 5.41) is 2.84. The van der Waals surface area contributed by atoms with E-state index in [2.05, 4.69) is 5.32 Å². The molecule has 0 spiro atoms. The molecule has 6 nitrogen and oxygen atoms in total. The van der Waals surface area contributed by atoms with Crippen molar-refractivity contribution in [2.45, 2.75) is 12.3 Å². The van der Waals surface area contributed by atoms with Gasteiger partial charge in [-0.05, 0) is 47.9 Å². The molecule has 0 radical (unpaired) electrons. The zero-order valence-corrected chi connectivity index (χ0v) is 14.9. The van der Waals surface area contributed by atoms with Crippen LogP contribution in [0.15, 0.2) is 42.5 Å². The molecule has 3 rings (SSSR count). The number of nitrogens with one attached hydrogen (secondary N) is 1. The molecule has 1 aliphatic rings. The average molecular weight is 355 g/mol. The van der Waals surface area contributed by atoms with E-state index in [1.165, 1.54) is 7.11 Å². The standard InChI is InChI=1S/C20H21NO5/c1-24-14-6-4-12(5-7-14)16-11-13-10-15(25-2)8-9-17(13)21-19(22)18(16)20(23)26-3/h4-10,16,18H,11H2,1-3H3,(H,21,22). The highest BCUT2D eigenvalue weighted by molar-refractivity contribution is 6.06. The van der Waals surface area contributed by atoms with Crippen molar-refractivity contribution in [3.8, 4) is 11.5 Å². The van der Waals surface area contributed by atoms with E-state index in [1.807, 2.05) is 30.3 Å². The van der Waals surface area contributed by atoms with Gasteiger partial charge in [-0.1, -0.05) is 12.1 Å². The third-order valence-corrected chi connectivity index (χ3v) is 4.69. The van der Waals surface area contributed by atoms with Crippen LogP contribution >= 0.6 is 0 Å². The van der Waals surface area contributed by atoms with Gasteiger partial charge in [0.05, 0.1) is 21.3 Å². The van der Waals surface area contributed by atoms with Crippen LogP contribution in [0, 0.1) is 5.92 Å². The number of amides is 1. The maximum atomic E-state index is 12.8. The Balaban J connectivity index is 2.07. The maximum absolute atomic E-state index is 12.8. The molecule has 1 amide bonds. The summed E-state index contributed by atoms with van der Waals surface area (Å²) in [4.78, 5) is 25.1. The summed E-state index contributed by atoms with van der Waals surface area (Å²) in [6.45, 7) is 0. The first-order valence-corrected chi connectivity index (χ1v) is 8.27. The lowest BCUT2D eigenvalue weighted by atomic mass is 9.81. The molecular formula is C20H21NO5. The lowest BCUT2D eigenvalue weighted by Crippen LogP contribution is -2.34. The first kappa shape index (κ1) is 17.8. The number of esters is 1. The summed E-state index contributed by atoms with van der Waals surface area (Å²) in [5.74, 6) is -0.815. The Labute approximate surface area is 152 Å². The van der Waals surface area contributed by atoms with Gasteiger partial charge in [0.25, 0.3) is 0 Å². The second-order valence-corrected chi connectivity index (χ2v) is 6.10. The Kier molecular flexibility index (Phi) is 5.11. The van der Waals surface area contributed by atoms with Crippen LogP contribution in [0.5, 0.6) is 11.5 Å². The normalized spacial score (nSPS) is 19.0. The van der Waals surface area contributed by atoms with Crippen LogP contribution in [0.4, 0.5) is 5.69 Å². The number of benzene rings is 2. The molecule has 2 aromatic rings. The van der Waals surface area contributed by atoms with Gasteiger partial charge in [0.2, 0.25) is 5.91 Å². The summed E-state index contributed by atoms with van der Waals surface area (Å²) in [6.07, 6.45) is 0.497. The molecule has 6 heteroatoms. The van der Waals surface area contributed by atoms with E-state index in [0.29, 0.717) is 23.6 Å². The molecule has 2 atom stereocenters. The molecule has 0 aromatic heterocycles. The van der Waals surface area contributed by atoms with Gasteiger partial charge >= 0.3 is 5.97 Å². The van der Waals surface area contributed by atoms with E-state index < -0.39 is 11.9 Å². The number of fused-ring (bicyclic) bond motifs is 1. The summed E-state index contributed by atoms with van der Waals surface area (Å²) < 4.78 is 15.4. The zero-order valence-electron chi connectivity index (χ0n) is 14.9. The second-order valence-electron chi connectivity index (χ2n) is 6.10. The Bertz CT molecular complexity index is 815. The van der Waals surface area contributed by atoms with Crippen LogP contribution < -0.4 is 14.8 Å². The molecule has 1 heterocycles. The van der Waals surface area contributed by atoms with E-state index in [9.17, 15) is 9.59 Å². The van der Waals surface area contributed by atoms with E-state index in [0.717, 1.165) is 11.1 Å². The first-order chi connectivity index (χ1) is 12.6. The van der Waals surface area contributed by atoms with Gasteiger partial charge in [0, 0.05) is 11.6 Å². The molecule has 1 aliphatic heterocycles. The number of carbonyl (C=O) groups is 2. The fourth-order valence-electron chi connectivity index (χ4n) is 3.30. The molecular weight excluding hydrogens is 334 g/mol. The van der Waals surface area contributed by atoms with Crippen LogP contribution in [0.25, 0.3) is 0 Å². The molecule has 0 fully saturated rings. The molecule has 0 saturated heterocycles. The van der Waals surface area contributed by atoms with Crippen LogP contribution in [-0.2, 0) is 20.7 Å². The van der Waals surface area contributed by atoms with E-state index in [-0.39, 0.29) is 11.8 Å². The Morgan fingerprint density at radius 3 is 2.27 bits per heavy atom. The monoisotopic (exact) mass is 355 g/mol. The van der Waals surface area contributed by atoms with Gasteiger partial charge in [0.1, 0.15) is 17.4 Å². The minimum Gasteiger partial charge on any atom is -0.497 e. The maximum Gasteiger partial charge on any atom is 0.318 e. The lowest BCUT2D eigenvalue weighted by molar-refractivity contribution is -0.149. The lowest BCUT2D eigenvalue weighted by Gasteiger charge is -2.22. The molecule has 2 unspecified atom stereocenters. The smallest absolute Gasteiger partial charge is 0.318 e. The van der Waals surface area contributed by atoms with Crippen LogP contribution in [-0.4, -0.2) is 33.2 Å².